The van der Waals surface area contributed by atoms with Crippen LogP contribution < -0.4 is 37.2 Å². The van der Waals surface area contributed by atoms with Gasteiger partial charge in [0.15, 0.2) is 0 Å². The Labute approximate surface area is 127 Å². The molecular formula is C12H11Cl3Ti. The maximum atomic E-state index is 2.25. The summed E-state index contributed by atoms with van der Waals surface area (Å²) in [5, 5.41) is 0. The second kappa shape index (κ2) is 9.33. The SMILES string of the molecule is [Cl-].[Cl-].[Cl-].[Ti+3][C]1=C(Cc2ccccc2)C=CC1. The van der Waals surface area contributed by atoms with Crippen molar-refractivity contribution in [2.75, 3.05) is 0 Å². The van der Waals surface area contributed by atoms with Crippen molar-refractivity contribution in [2.45, 2.75) is 12.8 Å². The molecule has 16 heavy (non-hydrogen) atoms. The van der Waals surface area contributed by atoms with Gasteiger partial charge in [0.05, 0.1) is 0 Å². The van der Waals surface area contributed by atoms with Gasteiger partial charge < -0.3 is 37.2 Å². The molecule has 1 aromatic rings. The third-order valence-corrected chi connectivity index (χ3v) is 3.09. The minimum absolute atomic E-state index is 0. The molecule has 0 nitrogen and oxygen atoms in total. The molecular weight excluding hydrogens is 298 g/mol. The first-order valence-electron chi connectivity index (χ1n) is 4.50. The van der Waals surface area contributed by atoms with Crippen molar-refractivity contribution in [1.82, 2.24) is 0 Å². The van der Waals surface area contributed by atoms with E-state index in [-0.39, 0.29) is 37.2 Å². The van der Waals surface area contributed by atoms with E-state index < -0.39 is 0 Å². The van der Waals surface area contributed by atoms with Crippen LogP contribution in [0.5, 0.6) is 0 Å². The van der Waals surface area contributed by atoms with Crippen LogP contribution in [0, 0.1) is 0 Å². The molecule has 0 amide bonds. The molecule has 84 valence electrons. The molecule has 0 bridgehead atoms. The Balaban J connectivity index is 0. The first-order chi connectivity index (χ1) is 6.36. The molecule has 0 atom stereocenters. The summed E-state index contributed by atoms with van der Waals surface area (Å²) in [6, 6.07) is 10.6. The van der Waals surface area contributed by atoms with Gasteiger partial charge in [0, 0.05) is 0 Å². The van der Waals surface area contributed by atoms with E-state index in [2.05, 4.69) is 62.9 Å². The molecule has 1 aliphatic rings. The molecule has 1 aliphatic carbocycles. The third kappa shape index (κ3) is 5.08. The van der Waals surface area contributed by atoms with Crippen LogP contribution in [0.25, 0.3) is 0 Å². The third-order valence-electron chi connectivity index (χ3n) is 2.27. The zero-order chi connectivity index (χ0) is 9.10. The van der Waals surface area contributed by atoms with Crippen molar-refractivity contribution in [1.29, 1.82) is 0 Å². The predicted molar refractivity (Wildman–Crippen MR) is 50.9 cm³/mol. The van der Waals surface area contributed by atoms with E-state index >= 15 is 0 Å². The zero-order valence-corrected chi connectivity index (χ0v) is 12.4. The Kier molecular flexibility index (Phi) is 10.9. The normalized spacial score (nSPS) is 12.6. The fraction of sp³-hybridized carbons (Fsp3) is 0.167. The molecule has 2 rings (SSSR count). The molecule has 0 saturated carbocycles. The van der Waals surface area contributed by atoms with Gasteiger partial charge >= 0.3 is 90.8 Å². The monoisotopic (exact) mass is 308 g/mol. The van der Waals surface area contributed by atoms with E-state index in [0.717, 1.165) is 12.8 Å². The average molecular weight is 309 g/mol. The topological polar surface area (TPSA) is 0 Å². The van der Waals surface area contributed by atoms with E-state index in [9.17, 15) is 0 Å². The van der Waals surface area contributed by atoms with Crippen LogP contribution >= 0.6 is 0 Å². The first-order valence-corrected chi connectivity index (χ1v) is 5.28. The Morgan fingerprint density at radius 2 is 1.62 bits per heavy atom. The van der Waals surface area contributed by atoms with Crippen LogP contribution in [0.15, 0.2) is 51.9 Å². The van der Waals surface area contributed by atoms with Gasteiger partial charge in [0.25, 0.3) is 0 Å². The summed E-state index contributed by atoms with van der Waals surface area (Å²) in [6.07, 6.45) is 6.72. The second-order valence-electron chi connectivity index (χ2n) is 3.27. The molecule has 0 heterocycles. The molecule has 0 N–H and O–H groups in total. The molecule has 0 aromatic heterocycles. The Hall–Kier alpha value is 0.284. The van der Waals surface area contributed by atoms with Gasteiger partial charge in [-0.15, -0.1) is 0 Å². The Morgan fingerprint density at radius 1 is 1.00 bits per heavy atom. The van der Waals surface area contributed by atoms with Crippen LogP contribution in [0.2, 0.25) is 0 Å². The minimum atomic E-state index is 0. The summed E-state index contributed by atoms with van der Waals surface area (Å²) in [6.45, 7) is 0. The predicted octanol–water partition coefficient (Wildman–Crippen LogP) is -6.00. The number of allylic oxidation sites excluding steroid dienone is 4. The molecule has 4 heteroatoms. The van der Waals surface area contributed by atoms with Gasteiger partial charge in [-0.1, -0.05) is 0 Å². The Bertz CT molecular complexity index is 358. The van der Waals surface area contributed by atoms with Crippen molar-refractivity contribution in [3.63, 3.8) is 0 Å². The number of halogens is 3. The fourth-order valence-corrected chi connectivity index (χ4v) is 1.98. The summed E-state index contributed by atoms with van der Waals surface area (Å²) in [5.41, 5.74) is 2.90. The van der Waals surface area contributed by atoms with Gasteiger partial charge in [0.2, 0.25) is 0 Å². The van der Waals surface area contributed by atoms with Crippen molar-refractivity contribution in [3.05, 3.63) is 57.5 Å². The van der Waals surface area contributed by atoms with Crippen LogP contribution in [0.1, 0.15) is 12.0 Å². The van der Waals surface area contributed by atoms with E-state index in [0.29, 0.717) is 0 Å². The van der Waals surface area contributed by atoms with Crippen LogP contribution in [0.4, 0.5) is 0 Å². The number of hydrogen-bond acceptors (Lipinski definition) is 0. The van der Waals surface area contributed by atoms with Crippen LogP contribution in [0.3, 0.4) is 0 Å². The molecule has 0 radical (unpaired) electrons. The van der Waals surface area contributed by atoms with E-state index in [1.165, 1.54) is 15.0 Å². The molecule has 0 spiro atoms. The van der Waals surface area contributed by atoms with Gasteiger partial charge in [-0.25, -0.2) is 0 Å². The van der Waals surface area contributed by atoms with Crippen molar-refractivity contribution in [3.8, 4) is 0 Å². The number of rotatable bonds is 2. The summed E-state index contributed by atoms with van der Waals surface area (Å²) in [5.74, 6) is 0. The molecule has 1 aromatic carbocycles. The molecule has 0 fully saturated rings. The van der Waals surface area contributed by atoms with Gasteiger partial charge in [-0.05, 0) is 0 Å². The van der Waals surface area contributed by atoms with Gasteiger partial charge in [0.1, 0.15) is 0 Å². The van der Waals surface area contributed by atoms with Crippen molar-refractivity contribution >= 4 is 0 Å². The van der Waals surface area contributed by atoms with Crippen LogP contribution in [-0.2, 0) is 26.9 Å². The fourth-order valence-electron chi connectivity index (χ4n) is 1.53. The van der Waals surface area contributed by atoms with Gasteiger partial charge in [-0.2, -0.15) is 0 Å². The molecule has 0 aliphatic heterocycles. The summed E-state index contributed by atoms with van der Waals surface area (Å²) < 4.78 is 1.52. The standard InChI is InChI=1S/C12H11.3ClH.Ti/c1-2-6-11(7-3-1)10-12-8-4-5-9-12;;;;/h1-4,6-8H,5,10H2;3*1H;/q;;;;+3/p-3. The average Bonchev–Trinajstić information content (AvgIpc) is 2.54. The van der Waals surface area contributed by atoms with E-state index in [1.54, 1.807) is 0 Å². The number of hydrogen-bond donors (Lipinski definition) is 0. The van der Waals surface area contributed by atoms with Crippen LogP contribution in [-0.4, -0.2) is 0 Å². The summed E-state index contributed by atoms with van der Waals surface area (Å²) in [7, 11) is 0. The van der Waals surface area contributed by atoms with Gasteiger partial charge in [-0.3, -0.25) is 0 Å². The quantitative estimate of drug-likeness (QED) is 0.477. The second-order valence-corrected chi connectivity index (χ2v) is 4.22. The van der Waals surface area contributed by atoms with E-state index in [4.69, 9.17) is 0 Å². The molecule has 0 saturated heterocycles. The summed E-state index contributed by atoms with van der Waals surface area (Å²) >= 11 is 2.22. The maximum absolute atomic E-state index is 2.25. The van der Waals surface area contributed by atoms with E-state index in [1.807, 2.05) is 0 Å². The molecule has 0 unspecified atom stereocenters. The Morgan fingerprint density at radius 3 is 2.12 bits per heavy atom. The first kappa shape index (κ1) is 18.6. The summed E-state index contributed by atoms with van der Waals surface area (Å²) in [4.78, 5) is 0. The van der Waals surface area contributed by atoms with Crippen molar-refractivity contribution in [2.24, 2.45) is 0 Å². The number of benzene rings is 1. The van der Waals surface area contributed by atoms with Crippen molar-refractivity contribution < 1.29 is 57.7 Å². The zero-order valence-electron chi connectivity index (χ0n) is 8.59.